The van der Waals surface area contributed by atoms with E-state index in [0.29, 0.717) is 5.39 Å². The predicted octanol–water partition coefficient (Wildman–Crippen LogP) is 4.13. The predicted molar refractivity (Wildman–Crippen MR) is 61.4 cm³/mol. The summed E-state index contributed by atoms with van der Waals surface area (Å²) in [4.78, 5) is 0. The Balaban J connectivity index is 2.64. The van der Waals surface area contributed by atoms with Crippen LogP contribution >= 0.6 is 0 Å². The monoisotopic (exact) mass is 196 g/mol. The summed E-state index contributed by atoms with van der Waals surface area (Å²) in [6.45, 7) is 0. The SMILES string of the molecule is Fc1cc2ccccc2c2ccccc12. The van der Waals surface area contributed by atoms with Crippen LogP contribution in [0.1, 0.15) is 0 Å². The minimum Gasteiger partial charge on any atom is -0.206 e. The number of hydrogen-bond donors (Lipinski definition) is 0. The molecule has 3 aromatic rings. The number of fused-ring (bicyclic) bond motifs is 3. The molecule has 72 valence electrons. The van der Waals surface area contributed by atoms with Crippen LogP contribution in [0.25, 0.3) is 21.5 Å². The standard InChI is InChI=1S/C14H9F/c15-14-9-10-5-1-2-6-11(10)12-7-3-4-8-13(12)14/h1-9H. The van der Waals surface area contributed by atoms with Gasteiger partial charge < -0.3 is 0 Å². The number of rotatable bonds is 0. The summed E-state index contributed by atoms with van der Waals surface area (Å²) in [6, 6.07) is 17.0. The van der Waals surface area contributed by atoms with E-state index in [-0.39, 0.29) is 5.82 Å². The smallest absolute Gasteiger partial charge is 0.131 e. The average Bonchev–Trinajstić information content (AvgIpc) is 2.30. The molecule has 0 spiro atoms. The zero-order chi connectivity index (χ0) is 10.3. The Bertz CT molecular complexity index is 641. The molecule has 0 radical (unpaired) electrons. The lowest BCUT2D eigenvalue weighted by molar-refractivity contribution is 0.641. The Morgan fingerprint density at radius 1 is 0.667 bits per heavy atom. The minimum absolute atomic E-state index is 0.149. The lowest BCUT2D eigenvalue weighted by Gasteiger charge is -2.04. The molecular weight excluding hydrogens is 187 g/mol. The molecular formula is C14H9F. The molecule has 0 saturated heterocycles. The molecule has 1 heteroatoms. The second-order valence-corrected chi connectivity index (χ2v) is 3.63. The summed E-state index contributed by atoms with van der Waals surface area (Å²) in [5, 5.41) is 3.73. The van der Waals surface area contributed by atoms with E-state index < -0.39 is 0 Å². The van der Waals surface area contributed by atoms with Crippen LogP contribution < -0.4 is 0 Å². The molecule has 0 bridgehead atoms. The highest BCUT2D eigenvalue weighted by molar-refractivity contribution is 6.07. The van der Waals surface area contributed by atoms with Gasteiger partial charge in [-0.2, -0.15) is 0 Å². The number of benzene rings is 3. The van der Waals surface area contributed by atoms with Crippen molar-refractivity contribution in [2.45, 2.75) is 0 Å². The fourth-order valence-electron chi connectivity index (χ4n) is 2.01. The molecule has 0 aliphatic rings. The third-order valence-corrected chi connectivity index (χ3v) is 2.72. The van der Waals surface area contributed by atoms with Gasteiger partial charge in [0.1, 0.15) is 5.82 Å². The van der Waals surface area contributed by atoms with Crippen molar-refractivity contribution in [2.75, 3.05) is 0 Å². The molecule has 0 aromatic heterocycles. The van der Waals surface area contributed by atoms with Crippen LogP contribution in [0.15, 0.2) is 54.6 Å². The largest absolute Gasteiger partial charge is 0.206 e. The van der Waals surface area contributed by atoms with Crippen molar-refractivity contribution in [3.63, 3.8) is 0 Å². The maximum Gasteiger partial charge on any atom is 0.131 e. The van der Waals surface area contributed by atoms with Crippen LogP contribution in [0, 0.1) is 5.82 Å². The van der Waals surface area contributed by atoms with E-state index in [2.05, 4.69) is 0 Å². The van der Waals surface area contributed by atoms with Gasteiger partial charge in [-0.25, -0.2) is 4.39 Å². The molecule has 0 atom stereocenters. The van der Waals surface area contributed by atoms with Crippen LogP contribution in [0.3, 0.4) is 0 Å². The first-order valence-corrected chi connectivity index (χ1v) is 4.92. The van der Waals surface area contributed by atoms with Gasteiger partial charge in [-0.1, -0.05) is 48.5 Å². The Morgan fingerprint density at radius 3 is 2.07 bits per heavy atom. The highest BCUT2D eigenvalue weighted by Crippen LogP contribution is 2.27. The Morgan fingerprint density at radius 2 is 1.27 bits per heavy atom. The van der Waals surface area contributed by atoms with Crippen LogP contribution in [0.4, 0.5) is 4.39 Å². The lowest BCUT2D eigenvalue weighted by atomic mass is 10.0. The summed E-state index contributed by atoms with van der Waals surface area (Å²) >= 11 is 0. The van der Waals surface area contributed by atoms with Crippen molar-refractivity contribution < 1.29 is 4.39 Å². The topological polar surface area (TPSA) is 0 Å². The highest BCUT2D eigenvalue weighted by Gasteiger charge is 2.04. The van der Waals surface area contributed by atoms with Crippen LogP contribution in [-0.2, 0) is 0 Å². The molecule has 0 unspecified atom stereocenters. The van der Waals surface area contributed by atoms with Crippen molar-refractivity contribution in [1.29, 1.82) is 0 Å². The molecule has 0 amide bonds. The summed E-state index contributed by atoms with van der Waals surface area (Å²) in [7, 11) is 0. The van der Waals surface area contributed by atoms with Gasteiger partial charge in [0.15, 0.2) is 0 Å². The van der Waals surface area contributed by atoms with Gasteiger partial charge in [0.2, 0.25) is 0 Å². The van der Waals surface area contributed by atoms with Gasteiger partial charge in [-0.3, -0.25) is 0 Å². The van der Waals surface area contributed by atoms with E-state index in [1.165, 1.54) is 0 Å². The fraction of sp³-hybridized carbons (Fsp3) is 0. The van der Waals surface area contributed by atoms with Crippen molar-refractivity contribution in [2.24, 2.45) is 0 Å². The van der Waals surface area contributed by atoms with Gasteiger partial charge in [0.05, 0.1) is 0 Å². The van der Waals surface area contributed by atoms with Crippen molar-refractivity contribution >= 4 is 21.5 Å². The van der Waals surface area contributed by atoms with Gasteiger partial charge >= 0.3 is 0 Å². The summed E-state index contributed by atoms with van der Waals surface area (Å²) in [6.07, 6.45) is 0. The van der Waals surface area contributed by atoms with E-state index >= 15 is 0 Å². The van der Waals surface area contributed by atoms with E-state index in [1.54, 1.807) is 6.07 Å². The third-order valence-electron chi connectivity index (χ3n) is 2.72. The number of halogens is 1. The normalized spacial score (nSPS) is 11.0. The first kappa shape index (κ1) is 8.42. The van der Waals surface area contributed by atoms with Crippen molar-refractivity contribution in [3.05, 3.63) is 60.4 Å². The molecule has 3 aromatic carbocycles. The molecule has 0 saturated carbocycles. The van der Waals surface area contributed by atoms with E-state index in [9.17, 15) is 4.39 Å². The molecule has 15 heavy (non-hydrogen) atoms. The maximum absolute atomic E-state index is 13.7. The van der Waals surface area contributed by atoms with E-state index in [4.69, 9.17) is 0 Å². The van der Waals surface area contributed by atoms with E-state index in [0.717, 1.165) is 16.2 Å². The summed E-state index contributed by atoms with van der Waals surface area (Å²) in [5.41, 5.74) is 0. The van der Waals surface area contributed by atoms with Crippen LogP contribution in [0.5, 0.6) is 0 Å². The molecule has 0 aliphatic heterocycles. The van der Waals surface area contributed by atoms with Crippen molar-refractivity contribution in [1.82, 2.24) is 0 Å². The zero-order valence-corrected chi connectivity index (χ0v) is 8.07. The van der Waals surface area contributed by atoms with Gasteiger partial charge in [0, 0.05) is 5.39 Å². The molecule has 0 heterocycles. The second kappa shape index (κ2) is 3.06. The van der Waals surface area contributed by atoms with Gasteiger partial charge in [0.25, 0.3) is 0 Å². The number of hydrogen-bond acceptors (Lipinski definition) is 0. The van der Waals surface area contributed by atoms with Gasteiger partial charge in [-0.15, -0.1) is 0 Å². The van der Waals surface area contributed by atoms with Crippen LogP contribution in [0.2, 0.25) is 0 Å². The Kier molecular flexibility index (Phi) is 1.72. The second-order valence-electron chi connectivity index (χ2n) is 3.63. The quantitative estimate of drug-likeness (QED) is 0.474. The molecule has 0 N–H and O–H groups in total. The third kappa shape index (κ3) is 1.20. The maximum atomic E-state index is 13.7. The highest BCUT2D eigenvalue weighted by atomic mass is 19.1. The molecule has 0 aliphatic carbocycles. The van der Waals surface area contributed by atoms with Crippen molar-refractivity contribution in [3.8, 4) is 0 Å². The van der Waals surface area contributed by atoms with Gasteiger partial charge in [-0.05, 0) is 22.2 Å². The van der Waals surface area contributed by atoms with Crippen LogP contribution in [-0.4, -0.2) is 0 Å². The molecule has 0 fully saturated rings. The first-order chi connectivity index (χ1) is 7.36. The first-order valence-electron chi connectivity index (χ1n) is 4.92. The average molecular weight is 196 g/mol. The summed E-state index contributed by atoms with van der Waals surface area (Å²) < 4.78 is 13.7. The Hall–Kier alpha value is -1.89. The molecule has 0 nitrogen and oxygen atoms in total. The summed E-state index contributed by atoms with van der Waals surface area (Å²) in [5.74, 6) is -0.149. The fourth-order valence-corrected chi connectivity index (χ4v) is 2.01. The van der Waals surface area contributed by atoms with E-state index in [1.807, 2.05) is 48.5 Å². The molecule has 3 rings (SSSR count). The Labute approximate surface area is 87.0 Å². The minimum atomic E-state index is -0.149. The lowest BCUT2D eigenvalue weighted by Crippen LogP contribution is -1.82. The zero-order valence-electron chi connectivity index (χ0n) is 8.07.